The van der Waals surface area contributed by atoms with Crippen LogP contribution >= 0.6 is 0 Å². The van der Waals surface area contributed by atoms with Gasteiger partial charge in [0.05, 0.1) is 5.56 Å². The fourth-order valence-electron chi connectivity index (χ4n) is 3.12. The number of halogens is 2. The molecule has 2 aliphatic heterocycles. The fourth-order valence-corrected chi connectivity index (χ4v) is 3.12. The van der Waals surface area contributed by atoms with E-state index in [1.165, 1.54) is 6.07 Å². The number of nitrogens with one attached hydrogen (secondary N) is 1. The summed E-state index contributed by atoms with van der Waals surface area (Å²) in [6.45, 7) is 1.63. The summed E-state index contributed by atoms with van der Waals surface area (Å²) in [7, 11) is 0. The molecular weight excluding hydrogens is 278 g/mol. The van der Waals surface area contributed by atoms with Gasteiger partial charge in [-0.15, -0.1) is 0 Å². The molecule has 0 bridgehead atoms. The Bertz CT molecular complexity index is 595. The molecule has 1 spiro atoms. The van der Waals surface area contributed by atoms with Crippen molar-refractivity contribution in [2.75, 3.05) is 19.6 Å². The molecule has 2 saturated heterocycles. The molecule has 4 nitrogen and oxygen atoms in total. The number of likely N-dealkylation sites (tertiary alicyclic amines) is 1. The summed E-state index contributed by atoms with van der Waals surface area (Å²) in [5.41, 5.74) is -0.164. The minimum atomic E-state index is -0.835. The van der Waals surface area contributed by atoms with Gasteiger partial charge in [0.15, 0.2) is 0 Å². The van der Waals surface area contributed by atoms with Crippen molar-refractivity contribution in [1.29, 1.82) is 0 Å². The molecule has 112 valence electrons. The summed E-state index contributed by atoms with van der Waals surface area (Å²) in [6.07, 6.45) is 1.94. The second-order valence-corrected chi connectivity index (χ2v) is 5.87. The first kappa shape index (κ1) is 14.0. The number of nitrogens with zero attached hydrogens (tertiary/aromatic N) is 1. The number of benzene rings is 1. The molecule has 6 heteroatoms. The predicted octanol–water partition coefficient (Wildman–Crippen LogP) is 1.71. The molecule has 0 unspecified atom stereocenters. The van der Waals surface area contributed by atoms with Crippen LogP contribution in [0.1, 0.15) is 29.6 Å². The van der Waals surface area contributed by atoms with Crippen LogP contribution in [0.2, 0.25) is 0 Å². The average molecular weight is 294 g/mol. The molecule has 1 aromatic rings. The molecule has 1 N–H and O–H groups in total. The topological polar surface area (TPSA) is 49.4 Å². The molecule has 0 radical (unpaired) electrons. The van der Waals surface area contributed by atoms with Crippen LogP contribution < -0.4 is 5.32 Å². The highest BCUT2D eigenvalue weighted by molar-refractivity contribution is 5.94. The quantitative estimate of drug-likeness (QED) is 0.857. The Morgan fingerprint density at radius 2 is 1.95 bits per heavy atom. The molecule has 0 saturated carbocycles. The number of hydrogen-bond donors (Lipinski definition) is 1. The van der Waals surface area contributed by atoms with Crippen LogP contribution in [0.25, 0.3) is 0 Å². The van der Waals surface area contributed by atoms with Crippen LogP contribution in [0.5, 0.6) is 0 Å². The van der Waals surface area contributed by atoms with Crippen molar-refractivity contribution in [3.05, 3.63) is 35.4 Å². The zero-order valence-electron chi connectivity index (χ0n) is 11.5. The predicted molar refractivity (Wildman–Crippen MR) is 71.6 cm³/mol. The number of piperidine rings is 1. The maximum atomic E-state index is 13.7. The number of carbonyl (C=O) groups is 2. The highest BCUT2D eigenvalue weighted by atomic mass is 19.1. The van der Waals surface area contributed by atoms with Gasteiger partial charge in [0.1, 0.15) is 11.6 Å². The molecular formula is C15H16F2N2O2. The Hall–Kier alpha value is -1.98. The second-order valence-electron chi connectivity index (χ2n) is 5.87. The molecule has 2 aliphatic rings. The lowest BCUT2D eigenvalue weighted by Crippen LogP contribution is -2.44. The van der Waals surface area contributed by atoms with E-state index >= 15 is 0 Å². The Balaban J connectivity index is 1.69. The van der Waals surface area contributed by atoms with Crippen LogP contribution in [-0.4, -0.2) is 36.3 Å². The molecule has 21 heavy (non-hydrogen) atoms. The van der Waals surface area contributed by atoms with Crippen molar-refractivity contribution < 1.29 is 18.4 Å². The molecule has 0 aromatic heterocycles. The molecule has 3 rings (SSSR count). The minimum absolute atomic E-state index is 0.0550. The van der Waals surface area contributed by atoms with Gasteiger partial charge in [-0.2, -0.15) is 0 Å². The second kappa shape index (κ2) is 5.09. The molecule has 0 atom stereocenters. The summed E-state index contributed by atoms with van der Waals surface area (Å²) in [4.78, 5) is 25.2. The lowest BCUT2D eigenvalue weighted by Gasteiger charge is -2.38. The Kier molecular flexibility index (Phi) is 3.39. The highest BCUT2D eigenvalue weighted by Gasteiger charge is 2.41. The number of amides is 2. The minimum Gasteiger partial charge on any atom is -0.356 e. The van der Waals surface area contributed by atoms with Crippen LogP contribution in [0.15, 0.2) is 18.2 Å². The maximum absolute atomic E-state index is 13.7. The fraction of sp³-hybridized carbons (Fsp3) is 0.467. The van der Waals surface area contributed by atoms with E-state index in [-0.39, 0.29) is 16.9 Å². The first-order chi connectivity index (χ1) is 9.99. The summed E-state index contributed by atoms with van der Waals surface area (Å²) >= 11 is 0. The van der Waals surface area contributed by atoms with E-state index in [0.717, 1.165) is 25.0 Å². The highest BCUT2D eigenvalue weighted by Crippen LogP contribution is 2.37. The van der Waals surface area contributed by atoms with Crippen LogP contribution in [-0.2, 0) is 4.79 Å². The van der Waals surface area contributed by atoms with E-state index in [1.807, 2.05) is 0 Å². The van der Waals surface area contributed by atoms with Gasteiger partial charge in [-0.05, 0) is 30.4 Å². The van der Waals surface area contributed by atoms with Gasteiger partial charge in [0.25, 0.3) is 5.91 Å². The van der Waals surface area contributed by atoms with E-state index < -0.39 is 17.5 Å². The largest absolute Gasteiger partial charge is 0.356 e. The third kappa shape index (κ3) is 2.62. The van der Waals surface area contributed by atoms with Crippen molar-refractivity contribution >= 4 is 11.8 Å². The normalized spacial score (nSPS) is 20.7. The molecule has 2 amide bonds. The smallest absolute Gasteiger partial charge is 0.256 e. The lowest BCUT2D eigenvalue weighted by atomic mass is 9.77. The van der Waals surface area contributed by atoms with E-state index in [9.17, 15) is 18.4 Å². The third-order valence-corrected chi connectivity index (χ3v) is 4.47. The van der Waals surface area contributed by atoms with Crippen molar-refractivity contribution in [2.24, 2.45) is 5.41 Å². The van der Waals surface area contributed by atoms with Crippen LogP contribution in [0.4, 0.5) is 8.78 Å². The van der Waals surface area contributed by atoms with Gasteiger partial charge in [-0.1, -0.05) is 0 Å². The average Bonchev–Trinajstić information content (AvgIpc) is 2.80. The van der Waals surface area contributed by atoms with Gasteiger partial charge >= 0.3 is 0 Å². The molecule has 1 aromatic carbocycles. The van der Waals surface area contributed by atoms with Gasteiger partial charge in [0.2, 0.25) is 5.91 Å². The molecule has 2 fully saturated rings. The third-order valence-electron chi connectivity index (χ3n) is 4.47. The van der Waals surface area contributed by atoms with Gasteiger partial charge in [-0.25, -0.2) is 8.78 Å². The van der Waals surface area contributed by atoms with Crippen LogP contribution in [0.3, 0.4) is 0 Å². The number of carbonyl (C=O) groups excluding carboxylic acids is 2. The van der Waals surface area contributed by atoms with Crippen molar-refractivity contribution in [3.8, 4) is 0 Å². The van der Waals surface area contributed by atoms with Crippen LogP contribution in [0, 0.1) is 17.0 Å². The van der Waals surface area contributed by atoms with Crippen molar-refractivity contribution in [2.45, 2.75) is 19.3 Å². The summed E-state index contributed by atoms with van der Waals surface area (Å²) in [5.74, 6) is -1.89. The lowest BCUT2D eigenvalue weighted by molar-refractivity contribution is -0.119. The Morgan fingerprint density at radius 3 is 2.52 bits per heavy atom. The monoisotopic (exact) mass is 294 g/mol. The number of rotatable bonds is 1. The van der Waals surface area contributed by atoms with Gasteiger partial charge in [0, 0.05) is 32.1 Å². The summed E-state index contributed by atoms with van der Waals surface area (Å²) in [5, 5.41) is 2.83. The van der Waals surface area contributed by atoms with Crippen molar-refractivity contribution in [3.63, 3.8) is 0 Å². The SMILES string of the molecule is O=C1CC2(CCN(C(=O)c3ccc(F)cc3F)CC2)CN1. The first-order valence-corrected chi connectivity index (χ1v) is 7.00. The van der Waals surface area contributed by atoms with E-state index in [1.54, 1.807) is 4.90 Å². The number of hydrogen-bond acceptors (Lipinski definition) is 2. The summed E-state index contributed by atoms with van der Waals surface area (Å²) in [6, 6.07) is 2.98. The van der Waals surface area contributed by atoms with E-state index in [0.29, 0.717) is 26.1 Å². The van der Waals surface area contributed by atoms with Crippen molar-refractivity contribution in [1.82, 2.24) is 10.2 Å². The zero-order chi connectivity index (χ0) is 15.0. The van der Waals surface area contributed by atoms with E-state index in [2.05, 4.69) is 5.32 Å². The maximum Gasteiger partial charge on any atom is 0.256 e. The first-order valence-electron chi connectivity index (χ1n) is 7.00. The molecule has 0 aliphatic carbocycles. The standard InChI is InChI=1S/C15H16F2N2O2/c16-10-1-2-11(12(17)7-10)14(21)19-5-3-15(4-6-19)8-13(20)18-9-15/h1-2,7H,3-6,8-9H2,(H,18,20). The molecule has 2 heterocycles. The summed E-state index contributed by atoms with van der Waals surface area (Å²) < 4.78 is 26.5. The van der Waals surface area contributed by atoms with Gasteiger partial charge in [-0.3, -0.25) is 9.59 Å². The Morgan fingerprint density at radius 1 is 1.24 bits per heavy atom. The zero-order valence-corrected chi connectivity index (χ0v) is 11.5. The van der Waals surface area contributed by atoms with Gasteiger partial charge < -0.3 is 10.2 Å². The van der Waals surface area contributed by atoms with E-state index in [4.69, 9.17) is 0 Å². The Labute approximate surface area is 121 Å².